The molecule has 3 rings (SSSR count). The molecule has 1 aromatic heterocycles. The average molecular weight is 370 g/mol. The molecular formula is C20H26N4O3. The first kappa shape index (κ1) is 19.1. The van der Waals surface area contributed by atoms with Gasteiger partial charge in [-0.2, -0.15) is 5.10 Å². The van der Waals surface area contributed by atoms with E-state index in [0.29, 0.717) is 32.6 Å². The number of hydrogen-bond donors (Lipinski definition) is 2. The Morgan fingerprint density at radius 2 is 2.07 bits per heavy atom. The SMILES string of the molecule is Cc1[nH]nc(CCC(=O)N2CCOCC2CC(=O)Nc2ccccc2)c1C. The number of rotatable bonds is 6. The number of hydrogen-bond acceptors (Lipinski definition) is 4. The molecule has 1 fully saturated rings. The lowest BCUT2D eigenvalue weighted by atomic mass is 10.1. The third-order valence-electron chi connectivity index (χ3n) is 4.96. The van der Waals surface area contributed by atoms with E-state index in [1.807, 2.05) is 44.2 Å². The number of benzene rings is 1. The topological polar surface area (TPSA) is 87.3 Å². The van der Waals surface area contributed by atoms with E-state index in [1.54, 1.807) is 4.90 Å². The Morgan fingerprint density at radius 3 is 2.78 bits per heavy atom. The van der Waals surface area contributed by atoms with Gasteiger partial charge in [-0.1, -0.05) is 18.2 Å². The number of H-pyrrole nitrogens is 1. The van der Waals surface area contributed by atoms with Crippen molar-refractivity contribution >= 4 is 17.5 Å². The summed E-state index contributed by atoms with van der Waals surface area (Å²) in [6.07, 6.45) is 1.19. The van der Waals surface area contributed by atoms with Crippen molar-refractivity contribution in [2.24, 2.45) is 0 Å². The van der Waals surface area contributed by atoms with E-state index in [4.69, 9.17) is 4.74 Å². The summed E-state index contributed by atoms with van der Waals surface area (Å²) in [6, 6.07) is 9.07. The molecule has 7 heteroatoms. The molecule has 0 saturated carbocycles. The van der Waals surface area contributed by atoms with Crippen molar-refractivity contribution in [2.75, 3.05) is 25.1 Å². The second-order valence-electron chi connectivity index (χ2n) is 6.85. The van der Waals surface area contributed by atoms with Crippen LogP contribution in [0.25, 0.3) is 0 Å². The molecule has 27 heavy (non-hydrogen) atoms. The number of carbonyl (C=O) groups is 2. The summed E-state index contributed by atoms with van der Waals surface area (Å²) < 4.78 is 5.51. The van der Waals surface area contributed by atoms with Gasteiger partial charge in [0.2, 0.25) is 11.8 Å². The number of amides is 2. The van der Waals surface area contributed by atoms with Gasteiger partial charge < -0.3 is 15.0 Å². The van der Waals surface area contributed by atoms with Crippen LogP contribution in [-0.2, 0) is 20.7 Å². The average Bonchev–Trinajstić information content (AvgIpc) is 2.99. The highest BCUT2D eigenvalue weighted by Crippen LogP contribution is 2.16. The zero-order valence-corrected chi connectivity index (χ0v) is 15.8. The molecule has 0 bridgehead atoms. The van der Waals surface area contributed by atoms with Crippen LogP contribution >= 0.6 is 0 Å². The minimum absolute atomic E-state index is 0.0378. The number of aryl methyl sites for hydroxylation is 2. The van der Waals surface area contributed by atoms with Gasteiger partial charge >= 0.3 is 0 Å². The zero-order chi connectivity index (χ0) is 19.2. The number of anilines is 1. The van der Waals surface area contributed by atoms with Crippen molar-refractivity contribution < 1.29 is 14.3 Å². The minimum atomic E-state index is -0.239. The Kier molecular flexibility index (Phi) is 6.24. The summed E-state index contributed by atoms with van der Waals surface area (Å²) in [6.45, 7) is 5.37. The molecule has 0 spiro atoms. The fraction of sp³-hybridized carbons (Fsp3) is 0.450. The van der Waals surface area contributed by atoms with E-state index in [2.05, 4.69) is 15.5 Å². The summed E-state index contributed by atoms with van der Waals surface area (Å²) in [5, 5.41) is 10.1. The molecular weight excluding hydrogens is 344 g/mol. The van der Waals surface area contributed by atoms with Crippen molar-refractivity contribution in [3.05, 3.63) is 47.3 Å². The number of para-hydroxylation sites is 1. The predicted molar refractivity (Wildman–Crippen MR) is 102 cm³/mol. The first-order valence-electron chi connectivity index (χ1n) is 9.27. The second kappa shape index (κ2) is 8.81. The highest BCUT2D eigenvalue weighted by molar-refractivity contribution is 5.91. The maximum atomic E-state index is 12.7. The minimum Gasteiger partial charge on any atom is -0.377 e. The van der Waals surface area contributed by atoms with Crippen LogP contribution in [0.3, 0.4) is 0 Å². The first-order chi connectivity index (χ1) is 13.0. The highest BCUT2D eigenvalue weighted by Gasteiger charge is 2.29. The molecule has 0 aliphatic carbocycles. The molecule has 1 aliphatic rings. The third-order valence-corrected chi connectivity index (χ3v) is 4.96. The first-order valence-corrected chi connectivity index (χ1v) is 9.27. The summed E-state index contributed by atoms with van der Waals surface area (Å²) in [5.41, 5.74) is 3.80. The van der Waals surface area contributed by atoms with Crippen molar-refractivity contribution in [1.82, 2.24) is 15.1 Å². The molecule has 144 valence electrons. The standard InChI is InChI=1S/C20H26N4O3/c1-14-15(2)22-23-18(14)8-9-20(26)24-10-11-27-13-17(24)12-19(25)21-16-6-4-3-5-7-16/h3-7,17H,8-13H2,1-2H3,(H,21,25)(H,22,23). The fourth-order valence-electron chi connectivity index (χ4n) is 3.25. The quantitative estimate of drug-likeness (QED) is 0.816. The Labute approximate surface area is 159 Å². The van der Waals surface area contributed by atoms with Crippen molar-refractivity contribution in [3.63, 3.8) is 0 Å². The monoisotopic (exact) mass is 370 g/mol. The van der Waals surface area contributed by atoms with E-state index in [9.17, 15) is 9.59 Å². The number of carbonyl (C=O) groups excluding carboxylic acids is 2. The van der Waals surface area contributed by atoms with Crippen LogP contribution in [0.5, 0.6) is 0 Å². The summed E-state index contributed by atoms with van der Waals surface area (Å²) in [5.74, 6) is -0.0795. The molecule has 1 atom stereocenters. The molecule has 1 aliphatic heterocycles. The normalized spacial score (nSPS) is 17.0. The molecule has 2 N–H and O–H groups in total. The summed E-state index contributed by atoms with van der Waals surface area (Å²) >= 11 is 0. The van der Waals surface area contributed by atoms with Crippen LogP contribution in [-0.4, -0.2) is 52.7 Å². The second-order valence-corrected chi connectivity index (χ2v) is 6.85. The molecule has 1 aromatic carbocycles. The van der Waals surface area contributed by atoms with Gasteiger partial charge in [-0.3, -0.25) is 14.7 Å². The van der Waals surface area contributed by atoms with Crippen LogP contribution in [0.15, 0.2) is 30.3 Å². The van der Waals surface area contributed by atoms with E-state index in [0.717, 1.165) is 22.6 Å². The highest BCUT2D eigenvalue weighted by atomic mass is 16.5. The van der Waals surface area contributed by atoms with Crippen molar-refractivity contribution in [3.8, 4) is 0 Å². The smallest absolute Gasteiger partial charge is 0.226 e. The van der Waals surface area contributed by atoms with Crippen molar-refractivity contribution in [1.29, 1.82) is 0 Å². The number of aromatic amines is 1. The predicted octanol–water partition coefficient (Wildman–Crippen LogP) is 2.22. The van der Waals surface area contributed by atoms with Gasteiger partial charge in [0.05, 0.1) is 24.9 Å². The van der Waals surface area contributed by atoms with Crippen LogP contribution in [0, 0.1) is 13.8 Å². The lowest BCUT2D eigenvalue weighted by molar-refractivity contribution is -0.141. The van der Waals surface area contributed by atoms with E-state index >= 15 is 0 Å². The molecule has 0 radical (unpaired) electrons. The zero-order valence-electron chi connectivity index (χ0n) is 15.8. The Balaban J connectivity index is 1.56. The fourth-order valence-corrected chi connectivity index (χ4v) is 3.25. The number of nitrogens with zero attached hydrogens (tertiary/aromatic N) is 2. The van der Waals surface area contributed by atoms with Crippen LogP contribution in [0.2, 0.25) is 0 Å². The molecule has 7 nitrogen and oxygen atoms in total. The summed E-state index contributed by atoms with van der Waals surface area (Å²) in [7, 11) is 0. The Bertz CT molecular complexity index is 788. The van der Waals surface area contributed by atoms with Crippen LogP contribution < -0.4 is 5.32 Å². The number of morpholine rings is 1. The summed E-state index contributed by atoms with van der Waals surface area (Å²) in [4.78, 5) is 26.9. The van der Waals surface area contributed by atoms with E-state index in [-0.39, 0.29) is 24.3 Å². The van der Waals surface area contributed by atoms with Gasteiger partial charge in [-0.15, -0.1) is 0 Å². The van der Waals surface area contributed by atoms with Gasteiger partial charge in [-0.05, 0) is 31.5 Å². The van der Waals surface area contributed by atoms with Crippen molar-refractivity contribution in [2.45, 2.75) is 39.2 Å². The van der Waals surface area contributed by atoms with Crippen LogP contribution in [0.4, 0.5) is 5.69 Å². The molecule has 2 amide bonds. The maximum Gasteiger partial charge on any atom is 0.226 e. The number of nitrogens with one attached hydrogen (secondary N) is 2. The molecule has 1 unspecified atom stereocenters. The van der Waals surface area contributed by atoms with Gasteiger partial charge in [0.1, 0.15) is 0 Å². The Hall–Kier alpha value is -2.67. The molecule has 2 heterocycles. The van der Waals surface area contributed by atoms with Gasteiger partial charge in [0, 0.05) is 37.2 Å². The van der Waals surface area contributed by atoms with Gasteiger partial charge in [0.25, 0.3) is 0 Å². The molecule has 1 saturated heterocycles. The lowest BCUT2D eigenvalue weighted by Gasteiger charge is -2.35. The largest absolute Gasteiger partial charge is 0.377 e. The third kappa shape index (κ3) is 4.95. The number of ether oxygens (including phenoxy) is 1. The maximum absolute atomic E-state index is 12.7. The number of aromatic nitrogens is 2. The van der Waals surface area contributed by atoms with Gasteiger partial charge in [0.15, 0.2) is 0 Å². The van der Waals surface area contributed by atoms with Crippen LogP contribution in [0.1, 0.15) is 29.8 Å². The van der Waals surface area contributed by atoms with Gasteiger partial charge in [-0.25, -0.2) is 0 Å². The Morgan fingerprint density at radius 1 is 1.30 bits per heavy atom. The molecule has 2 aromatic rings. The van der Waals surface area contributed by atoms with E-state index < -0.39 is 0 Å². The lowest BCUT2D eigenvalue weighted by Crippen LogP contribution is -2.50. The van der Waals surface area contributed by atoms with E-state index in [1.165, 1.54) is 0 Å².